The van der Waals surface area contributed by atoms with Gasteiger partial charge in [0.1, 0.15) is 23.5 Å². The van der Waals surface area contributed by atoms with Gasteiger partial charge in [-0.05, 0) is 25.8 Å². The van der Waals surface area contributed by atoms with Crippen molar-refractivity contribution in [1.82, 2.24) is 14.5 Å². The Hall–Kier alpha value is -2.10. The van der Waals surface area contributed by atoms with Crippen LogP contribution < -0.4 is 5.73 Å². The van der Waals surface area contributed by atoms with E-state index >= 15 is 0 Å². The monoisotopic (exact) mass is 272 g/mol. The molecule has 20 heavy (non-hydrogen) atoms. The van der Waals surface area contributed by atoms with Gasteiger partial charge >= 0.3 is 0 Å². The van der Waals surface area contributed by atoms with Crippen molar-refractivity contribution in [2.24, 2.45) is 0 Å². The van der Waals surface area contributed by atoms with E-state index in [0.717, 1.165) is 17.5 Å². The minimum absolute atomic E-state index is 0.185. The first kappa shape index (κ1) is 12.9. The van der Waals surface area contributed by atoms with E-state index in [-0.39, 0.29) is 12.8 Å². The van der Waals surface area contributed by atoms with Crippen LogP contribution >= 0.6 is 0 Å². The first-order chi connectivity index (χ1) is 9.58. The highest BCUT2D eigenvalue weighted by Gasteiger charge is 2.39. The third kappa shape index (κ3) is 1.83. The molecule has 2 aromatic heterocycles. The second-order valence-electron chi connectivity index (χ2n) is 5.02. The van der Waals surface area contributed by atoms with Gasteiger partial charge in [0.25, 0.3) is 0 Å². The van der Waals surface area contributed by atoms with Crippen molar-refractivity contribution >= 4 is 16.9 Å². The number of nitrogens with two attached hydrogens (primary N) is 1. The van der Waals surface area contributed by atoms with Crippen molar-refractivity contribution < 1.29 is 9.84 Å². The minimum atomic E-state index is -0.894. The molecule has 1 aliphatic rings. The van der Waals surface area contributed by atoms with Crippen molar-refractivity contribution in [1.29, 1.82) is 0 Å². The average molecular weight is 272 g/mol. The maximum atomic E-state index is 9.41. The summed E-state index contributed by atoms with van der Waals surface area (Å²) in [5.41, 5.74) is 5.73. The summed E-state index contributed by atoms with van der Waals surface area (Å²) in [7, 11) is 0. The first-order valence-corrected chi connectivity index (χ1v) is 6.46. The number of nitrogens with zero attached hydrogens (tertiary/aromatic N) is 3. The molecule has 0 aromatic carbocycles. The molecule has 1 saturated heterocycles. The van der Waals surface area contributed by atoms with Crippen molar-refractivity contribution in [3.05, 3.63) is 18.1 Å². The largest absolute Gasteiger partial charge is 0.392 e. The summed E-state index contributed by atoms with van der Waals surface area (Å²) in [5.74, 6) is 3.61. The maximum Gasteiger partial charge on any atom is 0.153 e. The van der Waals surface area contributed by atoms with Crippen LogP contribution in [0.1, 0.15) is 24.9 Å². The molecule has 104 valence electrons. The summed E-state index contributed by atoms with van der Waals surface area (Å²) in [6, 6.07) is 1.86. The predicted octanol–water partition coefficient (Wildman–Crippen LogP) is 0.995. The smallest absolute Gasteiger partial charge is 0.153 e. The van der Waals surface area contributed by atoms with E-state index in [1.807, 2.05) is 16.8 Å². The molecule has 3 N–H and O–H groups in total. The van der Waals surface area contributed by atoms with Crippen molar-refractivity contribution in [2.75, 3.05) is 12.3 Å². The van der Waals surface area contributed by atoms with Crippen molar-refractivity contribution in [2.45, 2.75) is 31.6 Å². The van der Waals surface area contributed by atoms with E-state index in [9.17, 15) is 5.11 Å². The molecule has 2 aromatic rings. The summed E-state index contributed by atoms with van der Waals surface area (Å²) >= 11 is 0. The summed E-state index contributed by atoms with van der Waals surface area (Å²) in [5, 5.41) is 10.2. The Morgan fingerprint density at radius 2 is 2.45 bits per heavy atom. The van der Waals surface area contributed by atoms with Gasteiger partial charge in [-0.3, -0.25) is 0 Å². The number of aromatic nitrogens is 3. The second kappa shape index (κ2) is 4.47. The van der Waals surface area contributed by atoms with Crippen LogP contribution in [-0.2, 0) is 4.74 Å². The number of terminal acetylenes is 1. The zero-order valence-corrected chi connectivity index (χ0v) is 11.2. The molecule has 1 fully saturated rings. The number of hydrogen-bond donors (Lipinski definition) is 2. The van der Waals surface area contributed by atoms with Gasteiger partial charge in [0.05, 0.1) is 12.0 Å². The number of aryl methyl sites for hydroxylation is 1. The number of nitrogen functional groups attached to an aromatic ring is 1. The average Bonchev–Trinajstić information content (AvgIpc) is 3.02. The highest BCUT2D eigenvalue weighted by atomic mass is 16.5. The molecule has 6 nitrogen and oxygen atoms in total. The molecular weight excluding hydrogens is 256 g/mol. The van der Waals surface area contributed by atoms with E-state index in [2.05, 4.69) is 15.9 Å². The summed E-state index contributed by atoms with van der Waals surface area (Å²) < 4.78 is 7.75. The van der Waals surface area contributed by atoms with Crippen molar-refractivity contribution in [3.63, 3.8) is 0 Å². The third-order valence-corrected chi connectivity index (χ3v) is 3.70. The highest BCUT2D eigenvalue weighted by Crippen LogP contribution is 2.37. The Morgan fingerprint density at radius 3 is 3.10 bits per heavy atom. The van der Waals surface area contributed by atoms with Crippen LogP contribution in [0, 0.1) is 19.3 Å². The van der Waals surface area contributed by atoms with E-state index in [0.29, 0.717) is 18.1 Å². The van der Waals surface area contributed by atoms with E-state index in [4.69, 9.17) is 16.9 Å². The van der Waals surface area contributed by atoms with E-state index in [1.165, 1.54) is 0 Å². The first-order valence-electron chi connectivity index (χ1n) is 6.46. The van der Waals surface area contributed by atoms with Gasteiger partial charge in [-0.15, -0.1) is 6.42 Å². The fourth-order valence-electron chi connectivity index (χ4n) is 2.60. The number of hydrogen-bond acceptors (Lipinski definition) is 5. The number of rotatable bonds is 2. The van der Waals surface area contributed by atoms with Gasteiger partial charge in [0.2, 0.25) is 0 Å². The molecule has 0 saturated carbocycles. The van der Waals surface area contributed by atoms with Gasteiger partial charge in [0.15, 0.2) is 5.60 Å². The maximum absolute atomic E-state index is 9.41. The highest BCUT2D eigenvalue weighted by molar-refractivity contribution is 5.86. The lowest BCUT2D eigenvalue weighted by Crippen LogP contribution is -2.31. The Kier molecular flexibility index (Phi) is 2.89. The molecule has 3 rings (SSSR count). The molecule has 0 spiro atoms. The van der Waals surface area contributed by atoms with Crippen LogP contribution in [0.2, 0.25) is 0 Å². The quantitative estimate of drug-likeness (QED) is 0.796. The number of ether oxygens (including phenoxy) is 1. The second-order valence-corrected chi connectivity index (χ2v) is 5.02. The lowest BCUT2D eigenvalue weighted by molar-refractivity contribution is -0.0615. The van der Waals surface area contributed by atoms with Gasteiger partial charge in [-0.1, -0.05) is 5.92 Å². The zero-order chi connectivity index (χ0) is 14.3. The topological polar surface area (TPSA) is 86.2 Å². The number of anilines is 1. The molecule has 0 radical (unpaired) electrons. The van der Waals surface area contributed by atoms with Crippen LogP contribution in [0.3, 0.4) is 0 Å². The Bertz CT molecular complexity index is 703. The molecule has 0 bridgehead atoms. The van der Waals surface area contributed by atoms with Crippen LogP contribution in [0.4, 0.5) is 5.82 Å². The molecule has 0 aliphatic carbocycles. The van der Waals surface area contributed by atoms with Crippen LogP contribution in [0.15, 0.2) is 12.3 Å². The summed E-state index contributed by atoms with van der Waals surface area (Å²) in [4.78, 5) is 8.56. The zero-order valence-electron chi connectivity index (χ0n) is 11.2. The SMILES string of the molecule is C#CC1(CO)CCC(n2ccc3c(N)nc(C)nc32)O1. The summed E-state index contributed by atoms with van der Waals surface area (Å²) in [6.45, 7) is 1.61. The molecule has 2 unspecified atom stereocenters. The predicted molar refractivity (Wildman–Crippen MR) is 74.7 cm³/mol. The van der Waals surface area contributed by atoms with Crippen LogP contribution in [-0.4, -0.2) is 31.8 Å². The molecule has 0 amide bonds. The number of aliphatic hydroxyl groups is 1. The van der Waals surface area contributed by atoms with Gasteiger partial charge in [0, 0.05) is 6.20 Å². The Labute approximate surface area is 116 Å². The van der Waals surface area contributed by atoms with Gasteiger partial charge in [-0.25, -0.2) is 9.97 Å². The van der Waals surface area contributed by atoms with E-state index < -0.39 is 5.60 Å². The van der Waals surface area contributed by atoms with Gasteiger partial charge in [-0.2, -0.15) is 0 Å². The Balaban J connectivity index is 2.03. The fourth-order valence-corrected chi connectivity index (χ4v) is 2.60. The number of aliphatic hydroxyl groups excluding tert-OH is 1. The molecular formula is C14H16N4O2. The molecule has 2 atom stereocenters. The Morgan fingerprint density at radius 1 is 1.65 bits per heavy atom. The lowest BCUT2D eigenvalue weighted by Gasteiger charge is -2.21. The standard InChI is InChI=1S/C14H16N4O2/c1-3-14(8-19)6-4-11(20-14)18-7-5-10-12(15)16-9(2)17-13(10)18/h1,5,7,11,19H,4,6,8H2,2H3,(H2,15,16,17). The van der Waals surface area contributed by atoms with Crippen LogP contribution in [0.5, 0.6) is 0 Å². The lowest BCUT2D eigenvalue weighted by atomic mass is 10.0. The van der Waals surface area contributed by atoms with Gasteiger partial charge < -0.3 is 20.1 Å². The minimum Gasteiger partial charge on any atom is -0.392 e. The number of fused-ring (bicyclic) bond motifs is 1. The van der Waals surface area contributed by atoms with Crippen molar-refractivity contribution in [3.8, 4) is 12.3 Å². The molecule has 1 aliphatic heterocycles. The van der Waals surface area contributed by atoms with Crippen LogP contribution in [0.25, 0.3) is 11.0 Å². The van der Waals surface area contributed by atoms with E-state index in [1.54, 1.807) is 6.92 Å². The summed E-state index contributed by atoms with van der Waals surface area (Å²) in [6.07, 6.45) is 8.42. The molecule has 3 heterocycles. The third-order valence-electron chi connectivity index (χ3n) is 3.70. The normalized spacial score (nSPS) is 25.9. The fraction of sp³-hybridized carbons (Fsp3) is 0.429. The molecule has 6 heteroatoms.